The summed E-state index contributed by atoms with van der Waals surface area (Å²) in [5, 5.41) is 0. The normalized spacial score (nSPS) is 25.1. The van der Waals surface area contributed by atoms with Crippen LogP contribution in [0.2, 0.25) is 0 Å². The quantitative estimate of drug-likeness (QED) is 0.590. The fraction of sp³-hybridized carbons (Fsp3) is 1.00. The van der Waals surface area contributed by atoms with Crippen LogP contribution in [0.4, 0.5) is 0 Å². The van der Waals surface area contributed by atoms with E-state index in [4.69, 9.17) is 4.74 Å². The molecular formula is C14H29NO. The highest BCUT2D eigenvalue weighted by Gasteiger charge is 2.31. The van der Waals surface area contributed by atoms with Gasteiger partial charge in [-0.3, -0.25) is 0 Å². The first-order valence-electron chi connectivity index (χ1n) is 6.95. The molecule has 1 aliphatic carbocycles. The monoisotopic (exact) mass is 227 g/mol. The van der Waals surface area contributed by atoms with Crippen molar-refractivity contribution in [3.05, 3.63) is 0 Å². The van der Waals surface area contributed by atoms with Crippen LogP contribution in [0.5, 0.6) is 0 Å². The Hall–Kier alpha value is -0.0800. The molecule has 2 heteroatoms. The Balaban J connectivity index is 1.95. The van der Waals surface area contributed by atoms with E-state index >= 15 is 0 Å². The first-order chi connectivity index (χ1) is 7.63. The molecule has 96 valence electrons. The van der Waals surface area contributed by atoms with Crippen molar-refractivity contribution in [2.45, 2.75) is 65.0 Å². The number of nitrogens with zero attached hydrogens (tertiary/aromatic N) is 1. The van der Waals surface area contributed by atoms with Gasteiger partial charge in [0.25, 0.3) is 0 Å². The third-order valence-corrected chi connectivity index (χ3v) is 3.55. The van der Waals surface area contributed by atoms with Crippen molar-refractivity contribution < 1.29 is 4.74 Å². The van der Waals surface area contributed by atoms with E-state index in [9.17, 15) is 0 Å². The predicted octanol–water partition coefficient (Wildman–Crippen LogP) is 3.31. The van der Waals surface area contributed by atoms with Crippen LogP contribution < -0.4 is 0 Å². The van der Waals surface area contributed by atoms with E-state index in [0.717, 1.165) is 18.6 Å². The smallest absolute Gasteiger partial charge is 0.0605 e. The van der Waals surface area contributed by atoms with Gasteiger partial charge in [0.05, 0.1) is 6.10 Å². The van der Waals surface area contributed by atoms with Crippen molar-refractivity contribution in [2.75, 3.05) is 20.2 Å². The maximum Gasteiger partial charge on any atom is 0.0605 e. The molecule has 0 radical (unpaired) electrons. The van der Waals surface area contributed by atoms with Gasteiger partial charge in [-0.05, 0) is 51.6 Å². The maximum atomic E-state index is 5.86. The molecule has 1 aliphatic rings. The predicted molar refractivity (Wildman–Crippen MR) is 69.8 cm³/mol. The average Bonchev–Trinajstić information content (AvgIpc) is 2.14. The van der Waals surface area contributed by atoms with E-state index in [2.05, 4.69) is 32.7 Å². The van der Waals surface area contributed by atoms with Crippen LogP contribution in [-0.2, 0) is 4.74 Å². The highest BCUT2D eigenvalue weighted by Crippen LogP contribution is 2.27. The first-order valence-corrected chi connectivity index (χ1v) is 6.95. The summed E-state index contributed by atoms with van der Waals surface area (Å²) in [6.45, 7) is 8.99. The van der Waals surface area contributed by atoms with Crippen molar-refractivity contribution in [1.82, 2.24) is 4.90 Å². The molecule has 0 unspecified atom stereocenters. The van der Waals surface area contributed by atoms with Crippen molar-refractivity contribution in [2.24, 2.45) is 5.92 Å². The second-order valence-electron chi connectivity index (χ2n) is 5.63. The Morgan fingerprint density at radius 1 is 1.31 bits per heavy atom. The largest absolute Gasteiger partial charge is 0.378 e. The molecule has 0 N–H and O–H groups in total. The molecule has 0 heterocycles. The third-order valence-electron chi connectivity index (χ3n) is 3.55. The lowest BCUT2D eigenvalue weighted by atomic mass is 9.88. The van der Waals surface area contributed by atoms with Crippen molar-refractivity contribution in [3.8, 4) is 0 Å². The highest BCUT2D eigenvalue weighted by atomic mass is 16.5. The number of hydrogen-bond acceptors (Lipinski definition) is 2. The van der Waals surface area contributed by atoms with Crippen molar-refractivity contribution in [3.63, 3.8) is 0 Å². The van der Waals surface area contributed by atoms with Gasteiger partial charge >= 0.3 is 0 Å². The molecule has 0 aliphatic heterocycles. The molecule has 1 fully saturated rings. The number of ether oxygens (including phenoxy) is 1. The summed E-state index contributed by atoms with van der Waals surface area (Å²) < 4.78 is 5.86. The molecule has 0 aromatic heterocycles. The van der Waals surface area contributed by atoms with Gasteiger partial charge < -0.3 is 9.64 Å². The van der Waals surface area contributed by atoms with Gasteiger partial charge in [-0.1, -0.05) is 20.8 Å². The van der Waals surface area contributed by atoms with E-state index in [1.165, 1.54) is 38.6 Å². The highest BCUT2D eigenvalue weighted by molar-refractivity contribution is 4.86. The zero-order valence-corrected chi connectivity index (χ0v) is 11.5. The van der Waals surface area contributed by atoms with Gasteiger partial charge in [-0.25, -0.2) is 0 Å². The Bertz CT molecular complexity index is 176. The first kappa shape index (κ1) is 14.0. The van der Waals surface area contributed by atoms with E-state index in [1.54, 1.807) is 0 Å². The van der Waals surface area contributed by atoms with Crippen LogP contribution >= 0.6 is 0 Å². The van der Waals surface area contributed by atoms with Gasteiger partial charge in [0.15, 0.2) is 0 Å². The van der Waals surface area contributed by atoms with E-state index < -0.39 is 0 Å². The van der Waals surface area contributed by atoms with Gasteiger partial charge in [0, 0.05) is 12.6 Å². The molecule has 0 saturated heterocycles. The fourth-order valence-corrected chi connectivity index (χ4v) is 2.31. The molecule has 0 aromatic rings. The zero-order chi connectivity index (χ0) is 12.0. The molecule has 1 rings (SSSR count). The molecule has 0 bridgehead atoms. The Labute approximate surface area is 101 Å². The van der Waals surface area contributed by atoms with E-state index in [0.29, 0.717) is 6.10 Å². The lowest BCUT2D eigenvalue weighted by molar-refractivity contribution is -0.0465. The average molecular weight is 227 g/mol. The Morgan fingerprint density at radius 3 is 2.56 bits per heavy atom. The second kappa shape index (κ2) is 7.29. The summed E-state index contributed by atoms with van der Waals surface area (Å²) in [5.41, 5.74) is 0. The lowest BCUT2D eigenvalue weighted by Gasteiger charge is -2.41. The van der Waals surface area contributed by atoms with Crippen LogP contribution in [0, 0.1) is 5.92 Å². The lowest BCUT2D eigenvalue weighted by Crippen LogP contribution is -2.46. The standard InChI is InChI=1S/C14H29NO/c1-5-8-15(4)13-10-14(11-13)16-9-6-7-12(2)3/h12-14H,5-11H2,1-4H3/t13-,14-. The molecule has 1 saturated carbocycles. The van der Waals surface area contributed by atoms with Gasteiger partial charge in [0.2, 0.25) is 0 Å². The summed E-state index contributed by atoms with van der Waals surface area (Å²) in [7, 11) is 2.24. The third kappa shape index (κ3) is 4.84. The Kier molecular flexibility index (Phi) is 6.37. The molecular weight excluding hydrogens is 198 g/mol. The van der Waals surface area contributed by atoms with Crippen LogP contribution in [0.3, 0.4) is 0 Å². The topological polar surface area (TPSA) is 12.5 Å². The fourth-order valence-electron chi connectivity index (χ4n) is 2.31. The summed E-state index contributed by atoms with van der Waals surface area (Å²) in [4.78, 5) is 2.48. The van der Waals surface area contributed by atoms with Crippen LogP contribution in [-0.4, -0.2) is 37.2 Å². The summed E-state index contributed by atoms with van der Waals surface area (Å²) in [6.07, 6.45) is 6.83. The molecule has 0 amide bonds. The minimum atomic E-state index is 0.552. The van der Waals surface area contributed by atoms with Crippen molar-refractivity contribution >= 4 is 0 Å². The Morgan fingerprint density at radius 2 is 2.00 bits per heavy atom. The summed E-state index contributed by atoms with van der Waals surface area (Å²) >= 11 is 0. The second-order valence-corrected chi connectivity index (χ2v) is 5.63. The molecule has 0 spiro atoms. The molecule has 16 heavy (non-hydrogen) atoms. The summed E-state index contributed by atoms with van der Waals surface area (Å²) in [6, 6.07) is 0.787. The SMILES string of the molecule is CCCN(C)[C@H]1C[C@H](OCCCC(C)C)C1. The van der Waals surface area contributed by atoms with Gasteiger partial charge in [0.1, 0.15) is 0 Å². The molecule has 2 nitrogen and oxygen atoms in total. The van der Waals surface area contributed by atoms with Crippen molar-refractivity contribution in [1.29, 1.82) is 0 Å². The molecule has 0 aromatic carbocycles. The summed E-state index contributed by atoms with van der Waals surface area (Å²) in [5.74, 6) is 0.813. The zero-order valence-electron chi connectivity index (χ0n) is 11.5. The minimum Gasteiger partial charge on any atom is -0.378 e. The van der Waals surface area contributed by atoms with E-state index in [1.807, 2.05) is 0 Å². The number of rotatable bonds is 8. The van der Waals surface area contributed by atoms with Crippen LogP contribution in [0.15, 0.2) is 0 Å². The molecule has 0 atom stereocenters. The maximum absolute atomic E-state index is 5.86. The number of hydrogen-bond donors (Lipinski definition) is 0. The van der Waals surface area contributed by atoms with Gasteiger partial charge in [-0.15, -0.1) is 0 Å². The van der Waals surface area contributed by atoms with Crippen LogP contribution in [0.1, 0.15) is 52.9 Å². The minimum absolute atomic E-state index is 0.552. The van der Waals surface area contributed by atoms with Gasteiger partial charge in [-0.2, -0.15) is 0 Å². The van der Waals surface area contributed by atoms with Crippen LogP contribution in [0.25, 0.3) is 0 Å². The van der Waals surface area contributed by atoms with E-state index in [-0.39, 0.29) is 0 Å².